The second-order valence-electron chi connectivity index (χ2n) is 2.19. The van der Waals surface area contributed by atoms with E-state index in [2.05, 4.69) is 17.4 Å². The SMILES string of the molecule is CCC(=NO)C(CC)NC. The Kier molecular flexibility index (Phi) is 4.94. The minimum absolute atomic E-state index is 0.231. The molecule has 0 saturated carbocycles. The number of rotatable bonds is 4. The highest BCUT2D eigenvalue weighted by atomic mass is 16.4. The predicted octanol–water partition coefficient (Wildman–Crippen LogP) is 1.22. The highest BCUT2D eigenvalue weighted by Gasteiger charge is 2.08. The minimum Gasteiger partial charge on any atom is -0.411 e. The maximum atomic E-state index is 8.51. The number of nitrogens with one attached hydrogen (secondary N) is 1. The van der Waals surface area contributed by atoms with Crippen LogP contribution in [0.1, 0.15) is 26.7 Å². The number of hydrogen-bond donors (Lipinski definition) is 2. The molecule has 60 valence electrons. The average Bonchev–Trinajstić information content (AvgIpc) is 2.00. The first-order valence-corrected chi connectivity index (χ1v) is 3.68. The molecule has 3 nitrogen and oxygen atoms in total. The van der Waals surface area contributed by atoms with Crippen molar-refractivity contribution >= 4 is 5.71 Å². The summed E-state index contributed by atoms with van der Waals surface area (Å²) < 4.78 is 0. The quantitative estimate of drug-likeness (QED) is 0.354. The third kappa shape index (κ3) is 2.35. The zero-order valence-electron chi connectivity index (χ0n) is 6.89. The molecular weight excluding hydrogens is 128 g/mol. The Morgan fingerprint density at radius 1 is 1.60 bits per heavy atom. The molecule has 10 heavy (non-hydrogen) atoms. The Bertz CT molecular complexity index is 108. The van der Waals surface area contributed by atoms with Crippen LogP contribution in [0.5, 0.6) is 0 Å². The summed E-state index contributed by atoms with van der Waals surface area (Å²) in [5.41, 5.74) is 0.824. The van der Waals surface area contributed by atoms with Crippen LogP contribution in [0.2, 0.25) is 0 Å². The van der Waals surface area contributed by atoms with Crippen LogP contribution in [-0.4, -0.2) is 24.0 Å². The predicted molar refractivity (Wildman–Crippen MR) is 42.7 cm³/mol. The molecule has 0 aromatic rings. The van der Waals surface area contributed by atoms with E-state index in [0.29, 0.717) is 0 Å². The molecule has 0 rings (SSSR count). The van der Waals surface area contributed by atoms with Crippen molar-refractivity contribution in [2.24, 2.45) is 5.16 Å². The van der Waals surface area contributed by atoms with Gasteiger partial charge in [-0.25, -0.2) is 0 Å². The zero-order chi connectivity index (χ0) is 7.98. The largest absolute Gasteiger partial charge is 0.411 e. The highest BCUT2D eigenvalue weighted by molar-refractivity contribution is 5.88. The third-order valence-corrected chi connectivity index (χ3v) is 1.65. The van der Waals surface area contributed by atoms with E-state index in [0.717, 1.165) is 18.6 Å². The molecule has 1 atom stereocenters. The van der Waals surface area contributed by atoms with Gasteiger partial charge in [-0.3, -0.25) is 0 Å². The molecular formula is C7H16N2O. The first-order valence-electron chi connectivity index (χ1n) is 3.68. The smallest absolute Gasteiger partial charge is 0.0736 e. The fourth-order valence-corrected chi connectivity index (χ4v) is 0.993. The van der Waals surface area contributed by atoms with Gasteiger partial charge in [0.25, 0.3) is 0 Å². The van der Waals surface area contributed by atoms with Crippen molar-refractivity contribution in [3.63, 3.8) is 0 Å². The van der Waals surface area contributed by atoms with Gasteiger partial charge in [-0.1, -0.05) is 19.0 Å². The van der Waals surface area contributed by atoms with Gasteiger partial charge in [-0.15, -0.1) is 0 Å². The van der Waals surface area contributed by atoms with Gasteiger partial charge in [0.05, 0.1) is 5.71 Å². The molecule has 0 aromatic carbocycles. The summed E-state index contributed by atoms with van der Waals surface area (Å²) in [6, 6.07) is 0.231. The van der Waals surface area contributed by atoms with Gasteiger partial charge in [-0.05, 0) is 19.9 Å². The molecule has 0 aliphatic heterocycles. The highest BCUT2D eigenvalue weighted by Crippen LogP contribution is 1.97. The van der Waals surface area contributed by atoms with Crippen LogP contribution < -0.4 is 5.32 Å². The summed E-state index contributed by atoms with van der Waals surface area (Å²) in [4.78, 5) is 0. The summed E-state index contributed by atoms with van der Waals surface area (Å²) in [5, 5.41) is 14.8. The molecule has 0 aliphatic rings. The molecule has 0 spiro atoms. The molecule has 0 fully saturated rings. The van der Waals surface area contributed by atoms with Gasteiger partial charge in [0, 0.05) is 6.04 Å². The molecule has 0 saturated heterocycles. The van der Waals surface area contributed by atoms with Crippen molar-refractivity contribution in [2.75, 3.05) is 7.05 Å². The second-order valence-corrected chi connectivity index (χ2v) is 2.19. The molecule has 0 heterocycles. The Hall–Kier alpha value is -0.570. The van der Waals surface area contributed by atoms with Crippen LogP contribution in [0.3, 0.4) is 0 Å². The van der Waals surface area contributed by atoms with Crippen molar-refractivity contribution < 1.29 is 5.21 Å². The second kappa shape index (κ2) is 5.23. The Balaban J connectivity index is 3.97. The van der Waals surface area contributed by atoms with Gasteiger partial charge in [0.2, 0.25) is 0 Å². The molecule has 2 N–H and O–H groups in total. The van der Waals surface area contributed by atoms with Crippen molar-refractivity contribution in [3.05, 3.63) is 0 Å². The average molecular weight is 144 g/mol. The molecule has 0 aliphatic carbocycles. The molecule has 0 amide bonds. The summed E-state index contributed by atoms with van der Waals surface area (Å²) in [6.07, 6.45) is 1.76. The maximum Gasteiger partial charge on any atom is 0.0736 e. The zero-order valence-corrected chi connectivity index (χ0v) is 6.89. The van der Waals surface area contributed by atoms with E-state index in [1.807, 2.05) is 14.0 Å². The number of nitrogens with zero attached hydrogens (tertiary/aromatic N) is 1. The van der Waals surface area contributed by atoms with Gasteiger partial charge >= 0.3 is 0 Å². The lowest BCUT2D eigenvalue weighted by Crippen LogP contribution is -2.32. The number of oxime groups is 1. The van der Waals surface area contributed by atoms with Crippen molar-refractivity contribution in [1.82, 2.24) is 5.32 Å². The third-order valence-electron chi connectivity index (χ3n) is 1.65. The van der Waals surface area contributed by atoms with E-state index in [-0.39, 0.29) is 6.04 Å². The topological polar surface area (TPSA) is 44.6 Å². The first-order chi connectivity index (χ1) is 4.79. The summed E-state index contributed by atoms with van der Waals surface area (Å²) in [7, 11) is 1.87. The van der Waals surface area contributed by atoms with Crippen molar-refractivity contribution in [2.45, 2.75) is 32.7 Å². The van der Waals surface area contributed by atoms with Crippen LogP contribution in [0.4, 0.5) is 0 Å². The molecule has 0 bridgehead atoms. The van der Waals surface area contributed by atoms with Crippen LogP contribution in [0, 0.1) is 0 Å². The van der Waals surface area contributed by atoms with Crippen molar-refractivity contribution in [3.8, 4) is 0 Å². The maximum absolute atomic E-state index is 8.51. The fourth-order valence-electron chi connectivity index (χ4n) is 0.993. The molecule has 1 unspecified atom stereocenters. The molecule has 0 radical (unpaired) electrons. The van der Waals surface area contributed by atoms with Gasteiger partial charge in [0.1, 0.15) is 0 Å². The van der Waals surface area contributed by atoms with Gasteiger partial charge in [0.15, 0.2) is 0 Å². The lowest BCUT2D eigenvalue weighted by molar-refractivity contribution is 0.314. The first kappa shape index (κ1) is 9.43. The van der Waals surface area contributed by atoms with E-state index in [9.17, 15) is 0 Å². The van der Waals surface area contributed by atoms with E-state index in [1.165, 1.54) is 0 Å². The normalized spacial score (nSPS) is 15.3. The number of hydrogen-bond acceptors (Lipinski definition) is 3. The Morgan fingerprint density at radius 3 is 2.30 bits per heavy atom. The standard InChI is InChI=1S/C7H16N2O/c1-4-6(8-3)7(5-2)9-10/h6,8,10H,4-5H2,1-3H3. The summed E-state index contributed by atoms with van der Waals surface area (Å²) in [6.45, 7) is 4.04. The lowest BCUT2D eigenvalue weighted by atomic mass is 10.1. The minimum atomic E-state index is 0.231. The molecule has 0 aromatic heterocycles. The van der Waals surface area contributed by atoms with E-state index >= 15 is 0 Å². The molecule has 3 heteroatoms. The van der Waals surface area contributed by atoms with E-state index in [4.69, 9.17) is 5.21 Å². The monoisotopic (exact) mass is 144 g/mol. The van der Waals surface area contributed by atoms with Gasteiger partial charge in [-0.2, -0.15) is 0 Å². The van der Waals surface area contributed by atoms with Crippen LogP contribution in [-0.2, 0) is 0 Å². The fraction of sp³-hybridized carbons (Fsp3) is 0.857. The van der Waals surface area contributed by atoms with Crippen LogP contribution in [0.15, 0.2) is 5.16 Å². The Labute approximate surface area is 62.1 Å². The lowest BCUT2D eigenvalue weighted by Gasteiger charge is -2.13. The summed E-state index contributed by atoms with van der Waals surface area (Å²) in [5.74, 6) is 0. The van der Waals surface area contributed by atoms with E-state index in [1.54, 1.807) is 0 Å². The van der Waals surface area contributed by atoms with E-state index < -0.39 is 0 Å². The van der Waals surface area contributed by atoms with Crippen LogP contribution in [0.25, 0.3) is 0 Å². The summed E-state index contributed by atoms with van der Waals surface area (Å²) >= 11 is 0. The Morgan fingerprint density at radius 2 is 2.20 bits per heavy atom. The van der Waals surface area contributed by atoms with Gasteiger partial charge < -0.3 is 10.5 Å². The van der Waals surface area contributed by atoms with Crippen molar-refractivity contribution in [1.29, 1.82) is 0 Å². The van der Waals surface area contributed by atoms with Crippen LogP contribution >= 0.6 is 0 Å².